The van der Waals surface area contributed by atoms with Crippen LogP contribution >= 0.6 is 0 Å². The first-order valence-corrected chi connectivity index (χ1v) is 18.7. The maximum atomic E-state index is 12.7. The lowest BCUT2D eigenvalue weighted by molar-refractivity contribution is -0.152. The molecule has 0 aromatic rings. The zero-order valence-electron chi connectivity index (χ0n) is 28.7. The Morgan fingerprint density at radius 1 is 0.930 bits per heavy atom. The van der Waals surface area contributed by atoms with Gasteiger partial charge in [0.05, 0.1) is 6.42 Å². The van der Waals surface area contributed by atoms with Gasteiger partial charge >= 0.3 is 5.97 Å². The van der Waals surface area contributed by atoms with Crippen LogP contribution in [0.15, 0.2) is 11.6 Å². The molecule has 0 spiro atoms. The molecule has 0 heterocycles. The van der Waals surface area contributed by atoms with Crippen molar-refractivity contribution < 1.29 is 14.3 Å². The average molecular weight is 596 g/mol. The van der Waals surface area contributed by atoms with Crippen LogP contribution in [0.4, 0.5) is 0 Å². The summed E-state index contributed by atoms with van der Waals surface area (Å²) in [4.78, 5) is 25.1. The maximum Gasteiger partial charge on any atom is 0.306 e. The minimum atomic E-state index is -0.195. The summed E-state index contributed by atoms with van der Waals surface area (Å²) in [5.74, 6) is 5.71. The predicted octanol–water partition coefficient (Wildman–Crippen LogP) is 9.80. The molecule has 0 radical (unpaired) electrons. The summed E-state index contributed by atoms with van der Waals surface area (Å²) in [6.45, 7) is 15.0. The molecular formula is C39H65NO3. The number of hydrogen-bond donors (Lipinski definition) is 1. The second kappa shape index (κ2) is 14.0. The molecule has 0 saturated heterocycles. The molecule has 4 fully saturated rings. The molecule has 9 atom stereocenters. The van der Waals surface area contributed by atoms with E-state index in [9.17, 15) is 9.59 Å². The smallest absolute Gasteiger partial charge is 0.306 e. The summed E-state index contributed by atoms with van der Waals surface area (Å²) < 4.78 is 5.99. The lowest BCUT2D eigenvalue weighted by Gasteiger charge is -2.58. The summed E-state index contributed by atoms with van der Waals surface area (Å²) in [6, 6.07) is 0.301. The van der Waals surface area contributed by atoms with Crippen molar-refractivity contribution in [2.45, 2.75) is 169 Å². The normalized spacial score (nSPS) is 37.5. The Bertz CT molecular complexity index is 996. The number of esters is 1. The second-order valence-electron chi connectivity index (χ2n) is 16.7. The minimum absolute atomic E-state index is 0.00894. The molecule has 0 aliphatic heterocycles. The Morgan fingerprint density at radius 3 is 2.42 bits per heavy atom. The zero-order chi connectivity index (χ0) is 30.8. The largest absolute Gasteiger partial charge is 0.462 e. The molecule has 244 valence electrons. The number of rotatable bonds is 11. The molecule has 0 aromatic heterocycles. The Labute approximate surface area is 264 Å². The van der Waals surface area contributed by atoms with Crippen molar-refractivity contribution in [2.24, 2.45) is 52.3 Å². The number of carbonyl (C=O) groups is 2. The molecule has 0 unspecified atom stereocenters. The van der Waals surface area contributed by atoms with Gasteiger partial charge in [-0.25, -0.2) is 0 Å². The molecule has 4 heteroatoms. The quantitative estimate of drug-likeness (QED) is 0.191. The summed E-state index contributed by atoms with van der Waals surface area (Å²) in [7, 11) is 0. The van der Waals surface area contributed by atoms with Gasteiger partial charge in [0.25, 0.3) is 0 Å². The van der Waals surface area contributed by atoms with Crippen molar-refractivity contribution in [2.75, 3.05) is 0 Å². The molecule has 0 aromatic carbocycles. The lowest BCUT2D eigenvalue weighted by atomic mass is 9.47. The van der Waals surface area contributed by atoms with E-state index in [4.69, 9.17) is 4.74 Å². The first-order chi connectivity index (χ1) is 20.5. The third kappa shape index (κ3) is 7.09. The number of allylic oxidation sites excluding steroid dienone is 1. The first-order valence-electron chi connectivity index (χ1n) is 18.7. The number of carbonyl (C=O) groups excluding carboxylic acids is 2. The molecule has 5 aliphatic rings. The van der Waals surface area contributed by atoms with E-state index in [1.165, 1.54) is 70.6 Å². The molecule has 4 nitrogen and oxygen atoms in total. The van der Waals surface area contributed by atoms with Crippen LogP contribution in [-0.2, 0) is 14.3 Å². The highest BCUT2D eigenvalue weighted by Crippen LogP contribution is 2.67. The van der Waals surface area contributed by atoms with Gasteiger partial charge in [-0.3, -0.25) is 9.59 Å². The van der Waals surface area contributed by atoms with E-state index in [0.717, 1.165) is 73.5 Å². The van der Waals surface area contributed by atoms with Gasteiger partial charge in [-0.2, -0.15) is 0 Å². The Morgan fingerprint density at radius 2 is 1.70 bits per heavy atom. The second-order valence-corrected chi connectivity index (χ2v) is 16.7. The van der Waals surface area contributed by atoms with E-state index in [0.29, 0.717) is 11.5 Å². The summed E-state index contributed by atoms with van der Waals surface area (Å²) in [6.07, 6.45) is 22.9. The van der Waals surface area contributed by atoms with Gasteiger partial charge in [0, 0.05) is 18.9 Å². The van der Waals surface area contributed by atoms with Gasteiger partial charge in [-0.1, -0.05) is 85.3 Å². The fourth-order valence-corrected chi connectivity index (χ4v) is 11.4. The lowest BCUT2D eigenvalue weighted by Crippen LogP contribution is -2.51. The molecule has 1 amide bonds. The fraction of sp³-hybridized carbons (Fsp3) is 0.897. The SMILES string of the molecule is CC[C@H](CC[C@@H](C)[C@H]1CC[C@H]2[C@@H]3CC=C4C[C@@H](OC(=O)CCC(=O)NC5CCCCC5)CC[C@]4(C)[C@H]3CC[C@]12C)C(C)C. The van der Waals surface area contributed by atoms with Crippen molar-refractivity contribution >= 4 is 11.9 Å². The first kappa shape index (κ1) is 33.1. The van der Waals surface area contributed by atoms with Gasteiger partial charge in [-0.05, 0) is 116 Å². The van der Waals surface area contributed by atoms with Crippen molar-refractivity contribution in [1.82, 2.24) is 5.32 Å². The van der Waals surface area contributed by atoms with E-state index in [-0.39, 0.29) is 36.2 Å². The fourth-order valence-electron chi connectivity index (χ4n) is 11.4. The van der Waals surface area contributed by atoms with Gasteiger partial charge in [0.15, 0.2) is 0 Å². The average Bonchev–Trinajstić information content (AvgIpc) is 3.34. The van der Waals surface area contributed by atoms with Gasteiger partial charge in [0.1, 0.15) is 6.10 Å². The molecule has 1 N–H and O–H groups in total. The molecule has 4 saturated carbocycles. The molecular weight excluding hydrogens is 530 g/mol. The monoisotopic (exact) mass is 595 g/mol. The Kier molecular flexibility index (Phi) is 10.7. The molecule has 5 rings (SSSR count). The van der Waals surface area contributed by atoms with E-state index < -0.39 is 0 Å². The number of hydrogen-bond acceptors (Lipinski definition) is 3. The van der Waals surface area contributed by atoms with Crippen LogP contribution < -0.4 is 5.32 Å². The van der Waals surface area contributed by atoms with Crippen molar-refractivity contribution in [3.05, 3.63) is 11.6 Å². The Hall–Kier alpha value is -1.32. The van der Waals surface area contributed by atoms with Gasteiger partial charge in [-0.15, -0.1) is 0 Å². The van der Waals surface area contributed by atoms with Crippen LogP contribution in [0, 0.1) is 52.3 Å². The predicted molar refractivity (Wildman–Crippen MR) is 176 cm³/mol. The van der Waals surface area contributed by atoms with Crippen LogP contribution in [-0.4, -0.2) is 24.0 Å². The summed E-state index contributed by atoms with van der Waals surface area (Å²) >= 11 is 0. The van der Waals surface area contributed by atoms with E-state index in [1.54, 1.807) is 5.57 Å². The summed E-state index contributed by atoms with van der Waals surface area (Å²) in [5, 5.41) is 3.13. The third-order valence-corrected chi connectivity index (χ3v) is 14.1. The van der Waals surface area contributed by atoms with Crippen LogP contribution in [0.3, 0.4) is 0 Å². The maximum absolute atomic E-state index is 12.7. The highest BCUT2D eigenvalue weighted by Gasteiger charge is 2.59. The van der Waals surface area contributed by atoms with E-state index in [2.05, 4.69) is 52.9 Å². The van der Waals surface area contributed by atoms with Crippen molar-refractivity contribution in [3.8, 4) is 0 Å². The number of amides is 1. The molecule has 0 bridgehead atoms. The Balaban J connectivity index is 1.14. The van der Waals surface area contributed by atoms with Crippen LogP contribution in [0.5, 0.6) is 0 Å². The summed E-state index contributed by atoms with van der Waals surface area (Å²) in [5.41, 5.74) is 2.35. The van der Waals surface area contributed by atoms with Crippen LogP contribution in [0.25, 0.3) is 0 Å². The topological polar surface area (TPSA) is 55.4 Å². The van der Waals surface area contributed by atoms with E-state index >= 15 is 0 Å². The standard InChI is InChI=1S/C39H65NO3/c1-7-28(26(2)3)14-13-27(4)33-17-18-34-32-16-15-29-25-31(21-23-38(29,5)35(32)22-24-39(33,34)6)43-37(42)20-19-36(41)40-30-11-9-8-10-12-30/h15,26-28,30-35H,7-14,16-25H2,1-6H3,(H,40,41)/t27-,28-,31+,32+,33-,34+,35+,38+,39-/m1/s1. The van der Waals surface area contributed by atoms with Crippen LogP contribution in [0.2, 0.25) is 0 Å². The van der Waals surface area contributed by atoms with Crippen molar-refractivity contribution in [3.63, 3.8) is 0 Å². The van der Waals surface area contributed by atoms with E-state index in [1.807, 2.05) is 0 Å². The number of fused-ring (bicyclic) bond motifs is 5. The van der Waals surface area contributed by atoms with Crippen LogP contribution in [0.1, 0.15) is 157 Å². The van der Waals surface area contributed by atoms with Gasteiger partial charge < -0.3 is 10.1 Å². The van der Waals surface area contributed by atoms with Gasteiger partial charge in [0.2, 0.25) is 5.91 Å². The molecule has 43 heavy (non-hydrogen) atoms. The third-order valence-electron chi connectivity index (χ3n) is 14.1. The number of ether oxygens (including phenoxy) is 1. The highest BCUT2D eigenvalue weighted by molar-refractivity contribution is 5.81. The number of nitrogens with one attached hydrogen (secondary N) is 1. The highest BCUT2D eigenvalue weighted by atomic mass is 16.5. The van der Waals surface area contributed by atoms with Crippen molar-refractivity contribution in [1.29, 1.82) is 0 Å². The minimum Gasteiger partial charge on any atom is -0.462 e. The zero-order valence-corrected chi connectivity index (χ0v) is 28.7. The molecule has 5 aliphatic carbocycles.